The molecule has 2 rings (SSSR count). The Kier molecular flexibility index (Phi) is 5.83. The number of nitrogens with zero attached hydrogens (tertiary/aromatic N) is 1. The first-order valence-electron chi connectivity index (χ1n) is 6.66. The lowest BCUT2D eigenvalue weighted by atomic mass is 10.1. The highest BCUT2D eigenvalue weighted by atomic mass is 32.1. The van der Waals surface area contributed by atoms with Gasteiger partial charge < -0.3 is 19.5 Å². The summed E-state index contributed by atoms with van der Waals surface area (Å²) in [6, 6.07) is 3.78. The largest absolute Gasteiger partial charge is 0.496 e. The van der Waals surface area contributed by atoms with Gasteiger partial charge in [0.25, 0.3) is 0 Å². The van der Waals surface area contributed by atoms with Crippen LogP contribution in [-0.2, 0) is 13.0 Å². The number of nitrogens with one attached hydrogen (secondary N) is 1. The van der Waals surface area contributed by atoms with Crippen LogP contribution in [0, 0.1) is 0 Å². The molecule has 0 amide bonds. The zero-order valence-electron chi connectivity index (χ0n) is 12.5. The second-order valence-corrected chi connectivity index (χ2v) is 5.35. The van der Waals surface area contributed by atoms with Gasteiger partial charge in [0.1, 0.15) is 5.75 Å². The summed E-state index contributed by atoms with van der Waals surface area (Å²) >= 11 is 1.68. The van der Waals surface area contributed by atoms with Crippen LogP contribution in [0.5, 0.6) is 17.2 Å². The summed E-state index contributed by atoms with van der Waals surface area (Å²) in [5, 5.41) is 6.53. The lowest BCUT2D eigenvalue weighted by Crippen LogP contribution is -2.17. The zero-order chi connectivity index (χ0) is 15.1. The zero-order valence-corrected chi connectivity index (χ0v) is 13.3. The highest BCUT2D eigenvalue weighted by Gasteiger charge is 2.11. The summed E-state index contributed by atoms with van der Waals surface area (Å²) in [5.74, 6) is 2.16. The number of aromatic nitrogens is 1. The molecule has 1 N–H and O–H groups in total. The van der Waals surface area contributed by atoms with Crippen LogP contribution in [0.15, 0.2) is 23.7 Å². The summed E-state index contributed by atoms with van der Waals surface area (Å²) in [5.41, 5.74) is 1.04. The minimum atomic E-state index is 0.667. The molecule has 0 bridgehead atoms. The van der Waals surface area contributed by atoms with Crippen molar-refractivity contribution in [2.45, 2.75) is 13.0 Å². The fraction of sp³-hybridized carbons (Fsp3) is 0.400. The molecule has 0 unspecified atom stereocenters. The fourth-order valence-electron chi connectivity index (χ4n) is 2.03. The number of hydrogen-bond donors (Lipinski definition) is 1. The van der Waals surface area contributed by atoms with E-state index in [1.807, 2.05) is 23.7 Å². The van der Waals surface area contributed by atoms with Crippen molar-refractivity contribution in [1.29, 1.82) is 0 Å². The van der Waals surface area contributed by atoms with E-state index in [0.717, 1.165) is 29.3 Å². The van der Waals surface area contributed by atoms with Gasteiger partial charge in [-0.1, -0.05) is 0 Å². The van der Waals surface area contributed by atoms with Crippen LogP contribution in [0.3, 0.4) is 0 Å². The Labute approximate surface area is 128 Å². The van der Waals surface area contributed by atoms with Crippen molar-refractivity contribution in [3.63, 3.8) is 0 Å². The number of hydrogen-bond acceptors (Lipinski definition) is 6. The van der Waals surface area contributed by atoms with Gasteiger partial charge in [-0.05, 0) is 6.07 Å². The van der Waals surface area contributed by atoms with E-state index < -0.39 is 0 Å². The minimum absolute atomic E-state index is 0.667. The van der Waals surface area contributed by atoms with E-state index in [9.17, 15) is 0 Å². The molecular formula is C15H20N2O3S. The molecule has 0 atom stereocenters. The van der Waals surface area contributed by atoms with E-state index in [1.54, 1.807) is 32.7 Å². The predicted molar refractivity (Wildman–Crippen MR) is 83.6 cm³/mol. The molecule has 6 heteroatoms. The average Bonchev–Trinajstić information content (AvgIpc) is 3.04. The summed E-state index contributed by atoms with van der Waals surface area (Å²) in [4.78, 5) is 4.26. The Bertz CT molecular complexity index is 558. The first kappa shape index (κ1) is 15.6. The molecule has 114 valence electrons. The van der Waals surface area contributed by atoms with Crippen LogP contribution in [0.4, 0.5) is 0 Å². The maximum atomic E-state index is 5.40. The van der Waals surface area contributed by atoms with Crippen LogP contribution in [0.25, 0.3) is 0 Å². The Balaban J connectivity index is 1.97. The van der Waals surface area contributed by atoms with Crippen LogP contribution < -0.4 is 19.5 Å². The van der Waals surface area contributed by atoms with Crippen LogP contribution in [-0.4, -0.2) is 32.9 Å². The van der Waals surface area contributed by atoms with Crippen molar-refractivity contribution in [1.82, 2.24) is 10.3 Å². The van der Waals surface area contributed by atoms with Crippen molar-refractivity contribution in [3.05, 3.63) is 34.3 Å². The molecule has 0 aliphatic heterocycles. The van der Waals surface area contributed by atoms with Crippen molar-refractivity contribution < 1.29 is 14.2 Å². The predicted octanol–water partition coefficient (Wildman–Crippen LogP) is 2.50. The van der Waals surface area contributed by atoms with Crippen molar-refractivity contribution in [2.75, 3.05) is 27.9 Å². The van der Waals surface area contributed by atoms with E-state index in [2.05, 4.69) is 10.3 Å². The molecule has 1 aromatic carbocycles. The van der Waals surface area contributed by atoms with E-state index in [-0.39, 0.29) is 0 Å². The maximum Gasteiger partial charge on any atom is 0.164 e. The highest BCUT2D eigenvalue weighted by molar-refractivity contribution is 7.09. The summed E-state index contributed by atoms with van der Waals surface area (Å²) in [7, 11) is 4.90. The van der Waals surface area contributed by atoms with Gasteiger partial charge in [-0.25, -0.2) is 4.98 Å². The molecule has 5 nitrogen and oxygen atoms in total. The van der Waals surface area contributed by atoms with Crippen molar-refractivity contribution in [3.8, 4) is 17.2 Å². The van der Waals surface area contributed by atoms with Crippen LogP contribution in [0.2, 0.25) is 0 Å². The molecule has 0 saturated heterocycles. The summed E-state index contributed by atoms with van der Waals surface area (Å²) in [6.45, 7) is 1.57. The minimum Gasteiger partial charge on any atom is -0.496 e. The van der Waals surface area contributed by atoms with Gasteiger partial charge in [-0.15, -0.1) is 11.3 Å². The fourth-order valence-corrected chi connectivity index (χ4v) is 2.65. The van der Waals surface area contributed by atoms with E-state index in [1.165, 1.54) is 0 Å². The molecule has 2 aromatic rings. The van der Waals surface area contributed by atoms with Gasteiger partial charge in [0, 0.05) is 42.7 Å². The summed E-state index contributed by atoms with van der Waals surface area (Å²) in [6.07, 6.45) is 2.75. The number of ether oxygens (including phenoxy) is 3. The maximum absolute atomic E-state index is 5.40. The first-order chi connectivity index (χ1) is 10.3. The first-order valence-corrected chi connectivity index (χ1v) is 7.54. The van der Waals surface area contributed by atoms with Gasteiger partial charge in [0.15, 0.2) is 11.5 Å². The second-order valence-electron chi connectivity index (χ2n) is 4.37. The van der Waals surface area contributed by atoms with E-state index in [4.69, 9.17) is 14.2 Å². The molecule has 0 saturated carbocycles. The highest BCUT2D eigenvalue weighted by Crippen LogP contribution is 2.34. The molecule has 21 heavy (non-hydrogen) atoms. The van der Waals surface area contributed by atoms with Gasteiger partial charge in [-0.3, -0.25) is 0 Å². The normalized spacial score (nSPS) is 10.4. The van der Waals surface area contributed by atoms with Gasteiger partial charge in [0.05, 0.1) is 26.3 Å². The Hall–Kier alpha value is -1.79. The molecule has 0 radical (unpaired) electrons. The molecule has 0 aliphatic rings. The average molecular weight is 308 g/mol. The van der Waals surface area contributed by atoms with E-state index >= 15 is 0 Å². The summed E-state index contributed by atoms with van der Waals surface area (Å²) < 4.78 is 16.0. The monoisotopic (exact) mass is 308 g/mol. The topological polar surface area (TPSA) is 52.6 Å². The Morgan fingerprint density at radius 1 is 1.05 bits per heavy atom. The Morgan fingerprint density at radius 2 is 1.76 bits per heavy atom. The SMILES string of the molecule is COc1cc(OC)c(OC)cc1CNCCc1nccs1. The number of thiazole rings is 1. The lowest BCUT2D eigenvalue weighted by Gasteiger charge is -2.14. The third-order valence-electron chi connectivity index (χ3n) is 3.10. The van der Waals surface area contributed by atoms with Crippen molar-refractivity contribution in [2.24, 2.45) is 0 Å². The quantitative estimate of drug-likeness (QED) is 0.759. The van der Waals surface area contributed by atoms with Crippen molar-refractivity contribution >= 4 is 11.3 Å². The number of rotatable bonds is 8. The molecule has 1 heterocycles. The molecule has 0 aliphatic carbocycles. The van der Waals surface area contributed by atoms with Crippen LogP contribution in [0.1, 0.15) is 10.6 Å². The second kappa shape index (κ2) is 7.85. The van der Waals surface area contributed by atoms with E-state index in [0.29, 0.717) is 18.0 Å². The van der Waals surface area contributed by atoms with Gasteiger partial charge in [0.2, 0.25) is 0 Å². The molecule has 0 spiro atoms. The van der Waals surface area contributed by atoms with Gasteiger partial charge in [-0.2, -0.15) is 0 Å². The smallest absolute Gasteiger partial charge is 0.164 e. The third-order valence-corrected chi connectivity index (χ3v) is 3.94. The van der Waals surface area contributed by atoms with Gasteiger partial charge >= 0.3 is 0 Å². The Morgan fingerprint density at radius 3 is 2.38 bits per heavy atom. The lowest BCUT2D eigenvalue weighted by molar-refractivity contribution is 0.347. The molecule has 0 fully saturated rings. The standard InChI is InChI=1S/C15H20N2O3S/c1-18-12-9-14(20-3)13(19-2)8-11(12)10-16-5-4-15-17-6-7-21-15/h6-9,16H,4-5,10H2,1-3H3. The number of methoxy groups -OCH3 is 3. The third kappa shape index (κ3) is 4.09. The molecular weight excluding hydrogens is 288 g/mol. The number of benzene rings is 1. The van der Waals surface area contributed by atoms with Crippen LogP contribution >= 0.6 is 11.3 Å². The molecule has 1 aromatic heterocycles.